The maximum atomic E-state index is 15.3. The number of nitriles is 4. The summed E-state index contributed by atoms with van der Waals surface area (Å²) in [5, 5.41) is 35.1. The molecule has 4 nitrogen and oxygen atoms in total. The molecule has 0 N–H and O–H groups in total. The summed E-state index contributed by atoms with van der Waals surface area (Å²) >= 11 is 0. The van der Waals surface area contributed by atoms with Gasteiger partial charge in [0.2, 0.25) is 0 Å². The molecule has 0 heterocycles. The van der Waals surface area contributed by atoms with Crippen LogP contribution in [-0.2, 0) is 0 Å². The van der Waals surface area contributed by atoms with Crippen LogP contribution in [0.4, 0.5) is 17.6 Å². The molecule has 0 aromatic heterocycles. The first-order valence-electron chi connectivity index (χ1n) is 8.96. The van der Waals surface area contributed by atoms with E-state index in [1.807, 2.05) is 0 Å². The summed E-state index contributed by atoms with van der Waals surface area (Å²) in [6, 6.07) is 10.1. The molecule has 0 aliphatic rings. The average Bonchev–Trinajstić information content (AvgIpc) is 2.79. The fourth-order valence-corrected chi connectivity index (χ4v) is 4.47. The molecule has 0 aliphatic carbocycles. The SMILES string of the molecule is N#Cc1cc(F)c2c3c(F)cc(C#N)c4c(C#N)cc(F)c(c5c(F)cc(C#N)c1c25)c43. The zero-order chi connectivity index (χ0) is 22.9. The first-order chi connectivity index (χ1) is 15.4. The Labute approximate surface area is 176 Å². The summed E-state index contributed by atoms with van der Waals surface area (Å²) in [5.41, 5.74) is -1.22. The largest absolute Gasteiger partial charge is 0.206 e. The number of fused-ring (bicyclic) bond motifs is 2. The molecule has 5 aromatic rings. The Morgan fingerprint density at radius 2 is 0.594 bits per heavy atom. The molecular weight excluding hydrogens is 420 g/mol. The van der Waals surface area contributed by atoms with E-state index in [1.165, 1.54) is 0 Å². The molecule has 5 aromatic carbocycles. The smallest absolute Gasteiger partial charge is 0.133 e. The van der Waals surface area contributed by atoms with Crippen LogP contribution in [0, 0.1) is 68.6 Å². The van der Waals surface area contributed by atoms with E-state index in [0.29, 0.717) is 0 Å². The Bertz CT molecular complexity index is 1600. The molecule has 0 aliphatic heterocycles. The van der Waals surface area contributed by atoms with Crippen LogP contribution in [0.3, 0.4) is 0 Å². The van der Waals surface area contributed by atoms with Gasteiger partial charge in [-0.2, -0.15) is 21.0 Å². The molecule has 0 fully saturated rings. The van der Waals surface area contributed by atoms with E-state index in [4.69, 9.17) is 0 Å². The molecule has 0 bridgehead atoms. The van der Waals surface area contributed by atoms with E-state index in [9.17, 15) is 21.0 Å². The summed E-state index contributed by atoms with van der Waals surface area (Å²) in [6.45, 7) is 0. The van der Waals surface area contributed by atoms with Gasteiger partial charge in [-0.3, -0.25) is 0 Å². The molecule has 0 saturated carbocycles. The average molecular weight is 424 g/mol. The van der Waals surface area contributed by atoms with E-state index < -0.39 is 44.8 Å². The zero-order valence-corrected chi connectivity index (χ0v) is 15.6. The minimum absolute atomic E-state index is 0.144. The van der Waals surface area contributed by atoms with Crippen LogP contribution < -0.4 is 0 Å². The van der Waals surface area contributed by atoms with Crippen molar-refractivity contribution in [3.8, 4) is 24.3 Å². The Morgan fingerprint density at radius 1 is 0.375 bits per heavy atom. The maximum absolute atomic E-state index is 15.3. The van der Waals surface area contributed by atoms with Gasteiger partial charge in [0.15, 0.2) is 0 Å². The second kappa shape index (κ2) is 6.29. The lowest BCUT2D eigenvalue weighted by molar-refractivity contribution is 0.628. The highest BCUT2D eigenvalue weighted by molar-refractivity contribution is 6.35. The minimum atomic E-state index is -1.09. The van der Waals surface area contributed by atoms with Crippen LogP contribution in [0.2, 0.25) is 0 Å². The van der Waals surface area contributed by atoms with Crippen molar-refractivity contribution >= 4 is 43.1 Å². The Kier molecular flexibility index (Phi) is 3.75. The monoisotopic (exact) mass is 424 g/mol. The number of benzene rings is 5. The molecule has 148 valence electrons. The van der Waals surface area contributed by atoms with Gasteiger partial charge in [0, 0.05) is 43.1 Å². The van der Waals surface area contributed by atoms with Crippen molar-refractivity contribution < 1.29 is 17.6 Å². The van der Waals surface area contributed by atoms with Gasteiger partial charge in [-0.1, -0.05) is 0 Å². The number of rotatable bonds is 0. The molecule has 0 saturated heterocycles. The molecule has 0 atom stereocenters. The van der Waals surface area contributed by atoms with Gasteiger partial charge in [-0.25, -0.2) is 17.6 Å². The molecule has 0 radical (unpaired) electrons. The van der Waals surface area contributed by atoms with Gasteiger partial charge >= 0.3 is 0 Å². The fraction of sp³-hybridized carbons (Fsp3) is 0. The molecule has 5 rings (SSSR count). The molecule has 0 unspecified atom stereocenters. The van der Waals surface area contributed by atoms with Crippen LogP contribution in [0.1, 0.15) is 22.3 Å². The first-order valence-corrected chi connectivity index (χ1v) is 8.96. The highest BCUT2D eigenvalue weighted by Crippen LogP contribution is 2.47. The summed E-state index contributed by atoms with van der Waals surface area (Å²) in [4.78, 5) is 0. The fourth-order valence-electron chi connectivity index (χ4n) is 4.47. The summed E-state index contributed by atoms with van der Waals surface area (Å²) in [5.74, 6) is -4.38. The third-order valence-electron chi connectivity index (χ3n) is 5.60. The Balaban J connectivity index is 2.37. The van der Waals surface area contributed by atoms with Crippen molar-refractivity contribution in [1.82, 2.24) is 0 Å². The van der Waals surface area contributed by atoms with Gasteiger partial charge < -0.3 is 0 Å². The predicted octanol–water partition coefficient (Wildman–Crippen LogP) is 5.78. The van der Waals surface area contributed by atoms with Crippen LogP contribution in [-0.4, -0.2) is 0 Å². The topological polar surface area (TPSA) is 95.2 Å². The summed E-state index contributed by atoms with van der Waals surface area (Å²) in [7, 11) is 0. The minimum Gasteiger partial charge on any atom is -0.206 e. The second-order valence-electron chi connectivity index (χ2n) is 7.07. The third kappa shape index (κ3) is 2.11. The summed E-state index contributed by atoms with van der Waals surface area (Å²) in [6.07, 6.45) is 0. The van der Waals surface area contributed by atoms with Gasteiger partial charge in [-0.05, 0) is 24.3 Å². The van der Waals surface area contributed by atoms with Gasteiger partial charge in [0.05, 0.1) is 46.5 Å². The van der Waals surface area contributed by atoms with E-state index in [1.54, 1.807) is 24.3 Å². The zero-order valence-electron chi connectivity index (χ0n) is 15.6. The van der Waals surface area contributed by atoms with Gasteiger partial charge in [0.25, 0.3) is 0 Å². The number of hydrogen-bond donors (Lipinski definition) is 0. The third-order valence-corrected chi connectivity index (χ3v) is 5.60. The van der Waals surface area contributed by atoms with Crippen LogP contribution in [0.15, 0.2) is 24.3 Å². The van der Waals surface area contributed by atoms with E-state index in [2.05, 4.69) is 0 Å². The highest BCUT2D eigenvalue weighted by atomic mass is 19.1. The lowest BCUT2D eigenvalue weighted by Crippen LogP contribution is -2.01. The molecule has 0 amide bonds. The summed E-state index contributed by atoms with van der Waals surface area (Å²) < 4.78 is 61.1. The normalized spacial score (nSPS) is 11.0. The quantitative estimate of drug-likeness (QED) is 0.179. The molecule has 8 heteroatoms. The van der Waals surface area contributed by atoms with Crippen LogP contribution in [0.25, 0.3) is 43.1 Å². The maximum Gasteiger partial charge on any atom is 0.133 e. The van der Waals surface area contributed by atoms with Gasteiger partial charge in [-0.15, -0.1) is 0 Å². The van der Waals surface area contributed by atoms with Gasteiger partial charge in [0.1, 0.15) is 23.3 Å². The first kappa shape index (κ1) is 19.1. The van der Waals surface area contributed by atoms with Crippen molar-refractivity contribution in [1.29, 1.82) is 21.0 Å². The van der Waals surface area contributed by atoms with Crippen molar-refractivity contribution in [3.63, 3.8) is 0 Å². The lowest BCUT2D eigenvalue weighted by Gasteiger charge is -2.19. The van der Waals surface area contributed by atoms with E-state index in [-0.39, 0.29) is 43.8 Å². The molecule has 0 spiro atoms. The van der Waals surface area contributed by atoms with Crippen molar-refractivity contribution in [2.45, 2.75) is 0 Å². The van der Waals surface area contributed by atoms with Crippen LogP contribution >= 0.6 is 0 Å². The lowest BCUT2D eigenvalue weighted by atomic mass is 9.84. The van der Waals surface area contributed by atoms with E-state index in [0.717, 1.165) is 24.3 Å². The highest BCUT2D eigenvalue weighted by Gasteiger charge is 2.28. The van der Waals surface area contributed by atoms with Crippen molar-refractivity contribution in [3.05, 3.63) is 69.8 Å². The Hall–Kier alpha value is -4.92. The van der Waals surface area contributed by atoms with Crippen molar-refractivity contribution in [2.24, 2.45) is 0 Å². The number of halogens is 4. The molecule has 32 heavy (non-hydrogen) atoms. The molecular formula is C24H4F4N4. The number of nitrogens with zero attached hydrogens (tertiary/aromatic N) is 4. The predicted molar refractivity (Wildman–Crippen MR) is 106 cm³/mol. The Morgan fingerprint density at radius 3 is 0.781 bits per heavy atom. The second-order valence-corrected chi connectivity index (χ2v) is 7.07. The van der Waals surface area contributed by atoms with E-state index >= 15 is 17.6 Å². The van der Waals surface area contributed by atoms with Crippen molar-refractivity contribution in [2.75, 3.05) is 0 Å². The standard InChI is InChI=1S/C24H4F4N4/c25-13-1-9(5-29)17-10(6-30)2-15(27)21-22-16(28)4-12(8-32)18-11(7-31)3-14(26)20(24(18)22)19(13)23(17)21/h1-4H. The van der Waals surface area contributed by atoms with Crippen LogP contribution in [0.5, 0.6) is 0 Å². The number of hydrogen-bond acceptors (Lipinski definition) is 4.